The van der Waals surface area contributed by atoms with Crippen LogP contribution in [0.3, 0.4) is 0 Å². The molecule has 0 unspecified atom stereocenters. The highest BCUT2D eigenvalue weighted by atomic mass is 127. The van der Waals surface area contributed by atoms with Gasteiger partial charge >= 0.3 is 0 Å². The second-order valence-corrected chi connectivity index (χ2v) is 33.0. The van der Waals surface area contributed by atoms with Crippen molar-refractivity contribution in [3.8, 4) is 48.4 Å². The minimum atomic E-state index is -2.19. The number of benzene rings is 7. The summed E-state index contributed by atoms with van der Waals surface area (Å²) in [5, 5.41) is 8.46. The number of hydrogen-bond donors (Lipinski definition) is 0. The van der Waals surface area contributed by atoms with Gasteiger partial charge in [0.15, 0.2) is 0 Å². The van der Waals surface area contributed by atoms with Crippen molar-refractivity contribution in [1.82, 2.24) is 9.13 Å². The van der Waals surface area contributed by atoms with Gasteiger partial charge in [0, 0.05) is 114 Å². The Balaban J connectivity index is 0.000000238. The molecule has 0 amide bonds. The molecule has 0 bridgehead atoms. The van der Waals surface area contributed by atoms with Crippen molar-refractivity contribution >= 4 is 107 Å². The van der Waals surface area contributed by atoms with Gasteiger partial charge in [0.1, 0.15) is 0 Å². The zero-order valence-electron chi connectivity index (χ0n) is 50.1. The smallest absolute Gasteiger partial charge is 0.231 e. The Bertz CT molecular complexity index is 3840. The molecule has 0 spiro atoms. The molecule has 0 saturated heterocycles. The van der Waals surface area contributed by atoms with Gasteiger partial charge in [-0.1, -0.05) is 108 Å². The normalized spacial score (nSPS) is 11.1. The number of allylic oxidation sites excluding steroid dienone is 6. The summed E-state index contributed by atoms with van der Waals surface area (Å²) < 4.78 is 24.5. The maximum absolute atomic E-state index is 6.37. The van der Waals surface area contributed by atoms with Crippen LogP contribution in [0.4, 0.5) is 0 Å². The molecule has 0 radical (unpaired) electrons. The molecule has 5 nitrogen and oxygen atoms in total. The summed E-state index contributed by atoms with van der Waals surface area (Å²) in [4.78, 5) is 0. The topological polar surface area (TPSA) is 37.5 Å². The SMILES string of the molecule is C#Cc1ccc2c(c1)c1cc(C#C)ccc1n2C.C=CC[Si](CC=C)(OCC)c1ccc(C#Cc2ccc3c(c2)c2cc(C#Cc4ccc([Si](CC=C)(CC=C)OCC)cc4)ccc2n3C)cc1.C=CC[Si](CC=C)(OCC)c1ccc(I)cc1. The molecular formula is C76H77IN2O3Si3. The van der Waals surface area contributed by atoms with E-state index in [-0.39, 0.29) is 0 Å². The van der Waals surface area contributed by atoms with Crippen molar-refractivity contribution in [2.75, 3.05) is 19.8 Å². The van der Waals surface area contributed by atoms with Crippen molar-refractivity contribution in [2.24, 2.45) is 14.1 Å². The third-order valence-corrected chi connectivity index (χ3v) is 28.4. The van der Waals surface area contributed by atoms with E-state index in [0.29, 0.717) is 13.2 Å². The largest absolute Gasteiger partial charge is 0.412 e. The quantitative estimate of drug-likeness (QED) is 0.0311. The van der Waals surface area contributed by atoms with Crippen LogP contribution in [0.2, 0.25) is 36.3 Å². The molecule has 9 heteroatoms. The van der Waals surface area contributed by atoms with E-state index < -0.39 is 25.0 Å². The van der Waals surface area contributed by atoms with Gasteiger partial charge in [-0.15, -0.1) is 52.3 Å². The summed E-state index contributed by atoms with van der Waals surface area (Å²) in [7, 11) is -2.15. The summed E-state index contributed by atoms with van der Waals surface area (Å²) in [6.45, 7) is 32.0. The van der Waals surface area contributed by atoms with Crippen molar-refractivity contribution in [2.45, 2.75) is 57.0 Å². The van der Waals surface area contributed by atoms with Crippen LogP contribution in [0.15, 0.2) is 222 Å². The highest BCUT2D eigenvalue weighted by Gasteiger charge is 2.36. The second-order valence-electron chi connectivity index (χ2n) is 20.7. The number of hydrogen-bond acceptors (Lipinski definition) is 3. The number of aromatic nitrogens is 2. The fraction of sp³-hybridized carbons (Fsp3) is 0.184. The Morgan fingerprint density at radius 1 is 0.376 bits per heavy atom. The Hall–Kier alpha value is -7.92. The molecule has 2 aromatic heterocycles. The van der Waals surface area contributed by atoms with Gasteiger partial charge < -0.3 is 22.4 Å². The predicted octanol–water partition coefficient (Wildman–Crippen LogP) is 16.4. The molecule has 9 rings (SSSR count). The van der Waals surface area contributed by atoms with E-state index in [2.05, 4.69) is 263 Å². The summed E-state index contributed by atoms with van der Waals surface area (Å²) in [6.07, 6.45) is 22.8. The molecule has 0 atom stereocenters. The van der Waals surface area contributed by atoms with E-state index in [4.69, 9.17) is 26.1 Å². The summed E-state index contributed by atoms with van der Waals surface area (Å²) in [5.41, 5.74) is 10.3. The first-order chi connectivity index (χ1) is 41.3. The van der Waals surface area contributed by atoms with E-state index in [0.717, 1.165) is 98.1 Å². The summed E-state index contributed by atoms with van der Waals surface area (Å²) >= 11 is 2.32. The molecule has 9 aromatic rings. The Morgan fingerprint density at radius 2 is 0.612 bits per heavy atom. The first-order valence-corrected chi connectivity index (χ1v) is 36.9. The Morgan fingerprint density at radius 3 is 0.871 bits per heavy atom. The fourth-order valence-corrected chi connectivity index (χ4v) is 21.6. The molecule has 2 heterocycles. The van der Waals surface area contributed by atoms with Gasteiger partial charge in [-0.05, 0) is 204 Å². The number of terminal acetylenes is 2. The van der Waals surface area contributed by atoms with Gasteiger partial charge in [0.2, 0.25) is 25.0 Å². The fourth-order valence-electron chi connectivity index (χ4n) is 11.3. The Labute approximate surface area is 523 Å². The van der Waals surface area contributed by atoms with Crippen LogP contribution >= 0.6 is 22.6 Å². The van der Waals surface area contributed by atoms with Crippen molar-refractivity contribution in [3.63, 3.8) is 0 Å². The van der Waals surface area contributed by atoms with Crippen LogP contribution in [-0.2, 0) is 27.4 Å². The second kappa shape index (κ2) is 30.8. The van der Waals surface area contributed by atoms with E-state index >= 15 is 0 Å². The van der Waals surface area contributed by atoms with Gasteiger partial charge in [0.05, 0.1) is 0 Å². The minimum Gasteiger partial charge on any atom is -0.412 e. The predicted molar refractivity (Wildman–Crippen MR) is 382 cm³/mol. The summed E-state index contributed by atoms with van der Waals surface area (Å²) in [5.74, 6) is 18.9. The van der Waals surface area contributed by atoms with Gasteiger partial charge in [-0.3, -0.25) is 0 Å². The molecule has 0 aliphatic carbocycles. The molecule has 85 heavy (non-hydrogen) atoms. The average molecular weight is 1280 g/mol. The van der Waals surface area contributed by atoms with Crippen molar-refractivity contribution in [3.05, 3.63) is 258 Å². The van der Waals surface area contributed by atoms with Crippen LogP contribution in [0.25, 0.3) is 43.6 Å². The Kier molecular flexibility index (Phi) is 23.4. The molecule has 7 aromatic carbocycles. The highest BCUT2D eigenvalue weighted by Crippen LogP contribution is 2.32. The van der Waals surface area contributed by atoms with E-state index in [1.165, 1.54) is 40.9 Å². The lowest BCUT2D eigenvalue weighted by Crippen LogP contribution is -2.50. The highest BCUT2D eigenvalue weighted by molar-refractivity contribution is 14.1. The van der Waals surface area contributed by atoms with Gasteiger partial charge in [-0.25, -0.2) is 0 Å². The number of rotatable bonds is 21. The number of halogens is 1. The van der Waals surface area contributed by atoms with Gasteiger partial charge in [-0.2, -0.15) is 0 Å². The lowest BCUT2D eigenvalue weighted by molar-refractivity contribution is 0.333. The molecule has 0 aliphatic rings. The minimum absolute atomic E-state index is 0.679. The maximum Gasteiger partial charge on any atom is 0.231 e. The molecular weight excluding hydrogens is 1200 g/mol. The molecule has 0 N–H and O–H groups in total. The van der Waals surface area contributed by atoms with Crippen LogP contribution in [0.1, 0.15) is 54.2 Å². The van der Waals surface area contributed by atoms with Gasteiger partial charge in [0.25, 0.3) is 0 Å². The standard InChI is InChI=1S/C45H47NO2Si2.C17H11N.C14H19IOSi/c1-8-30-49(31-9-2,47-12-5)40-24-18-36(19-25-40)14-16-38-22-28-44-42(34-38)43-35-39(23-29-45(43)46(44)7)17-15-37-20-26-41(27-21-37)50(32-10-3,33-11-4)48-13-6;1-4-12-6-8-16-14(10-12)15-11-13(5-2)7-9-17(15)18(16)3;1-4-11-17(12-5-2,16-6-3)14-9-7-13(15)8-10-14/h8-11,18-29,34-35H,1-4,12-13,30-33H2,5-7H3;1-2,6-11H,3H3;4-5,7-10H,1-2,6,11-12H2,3H3. The summed E-state index contributed by atoms with van der Waals surface area (Å²) in [6, 6.07) is 56.1. The van der Waals surface area contributed by atoms with Crippen LogP contribution in [0, 0.1) is 51.9 Å². The van der Waals surface area contributed by atoms with Crippen LogP contribution < -0.4 is 15.6 Å². The zero-order chi connectivity index (χ0) is 61.0. The first-order valence-electron chi connectivity index (χ1n) is 28.8. The lowest BCUT2D eigenvalue weighted by atomic mass is 10.1. The van der Waals surface area contributed by atoms with E-state index in [1.807, 2.05) is 60.7 Å². The monoisotopic (exact) mass is 1280 g/mol. The maximum atomic E-state index is 6.37. The van der Waals surface area contributed by atoms with Crippen molar-refractivity contribution in [1.29, 1.82) is 0 Å². The molecule has 0 saturated carbocycles. The van der Waals surface area contributed by atoms with E-state index in [9.17, 15) is 0 Å². The van der Waals surface area contributed by atoms with Crippen LogP contribution in [0.5, 0.6) is 0 Å². The molecule has 0 aliphatic heterocycles. The zero-order valence-corrected chi connectivity index (χ0v) is 55.2. The number of aryl methyl sites for hydroxylation is 2. The third kappa shape index (κ3) is 15.1. The lowest BCUT2D eigenvalue weighted by Gasteiger charge is -2.29. The third-order valence-electron chi connectivity index (χ3n) is 15.3. The molecule has 0 fully saturated rings. The van der Waals surface area contributed by atoms with Crippen LogP contribution in [-0.4, -0.2) is 53.9 Å². The number of nitrogens with zero attached hydrogens (tertiary/aromatic N) is 2. The van der Waals surface area contributed by atoms with Crippen molar-refractivity contribution < 1.29 is 13.3 Å². The molecule has 428 valence electrons. The number of fused-ring (bicyclic) bond motifs is 6. The first kappa shape index (κ1) is 64.6. The average Bonchev–Trinajstić information content (AvgIpc) is 2.63. The van der Waals surface area contributed by atoms with E-state index in [1.54, 1.807) is 0 Å².